The molecule has 2 rings (SSSR count). The molecular formula is C14H16O3. The summed E-state index contributed by atoms with van der Waals surface area (Å²) >= 11 is 0. The first kappa shape index (κ1) is 11.9. The van der Waals surface area contributed by atoms with E-state index in [-0.39, 0.29) is 23.6 Å². The molecule has 0 radical (unpaired) electrons. The third-order valence-electron chi connectivity index (χ3n) is 3.69. The number of rotatable bonds is 3. The molecule has 3 nitrogen and oxygen atoms in total. The zero-order valence-corrected chi connectivity index (χ0v) is 10.2. The maximum absolute atomic E-state index is 11.8. The van der Waals surface area contributed by atoms with Crippen molar-refractivity contribution >= 4 is 11.8 Å². The predicted octanol–water partition coefficient (Wildman–Crippen LogP) is 2.01. The Hall–Kier alpha value is -1.56. The summed E-state index contributed by atoms with van der Waals surface area (Å²) < 4.78 is 5.41. The first-order valence-corrected chi connectivity index (χ1v) is 5.85. The van der Waals surface area contributed by atoms with Gasteiger partial charge in [0.25, 0.3) is 0 Å². The number of hydrogen-bond acceptors (Lipinski definition) is 3. The number of ether oxygens (including phenoxy) is 1. The van der Waals surface area contributed by atoms with Crippen molar-refractivity contribution in [3.63, 3.8) is 0 Å². The Balaban J connectivity index is 2.07. The van der Waals surface area contributed by atoms with E-state index in [4.69, 9.17) is 11.2 Å². The van der Waals surface area contributed by atoms with Gasteiger partial charge in [0.1, 0.15) is 6.10 Å². The fourth-order valence-corrected chi connectivity index (χ4v) is 1.99. The highest BCUT2D eigenvalue weighted by molar-refractivity contribution is 6.00. The highest BCUT2D eigenvalue weighted by atomic mass is 16.5. The molecule has 0 aromatic carbocycles. The lowest BCUT2D eigenvalue weighted by Crippen LogP contribution is -2.23. The van der Waals surface area contributed by atoms with E-state index < -0.39 is 6.10 Å². The largest absolute Gasteiger partial charge is 0.457 e. The number of ketones is 1. The van der Waals surface area contributed by atoms with Crippen molar-refractivity contribution in [2.75, 3.05) is 0 Å². The van der Waals surface area contributed by atoms with Crippen LogP contribution in [0.4, 0.5) is 0 Å². The number of esters is 1. The normalized spacial score (nSPS) is 25.7. The molecule has 1 fully saturated rings. The predicted molar refractivity (Wildman–Crippen MR) is 63.0 cm³/mol. The molecule has 3 heteroatoms. The number of carbonyl (C=O) groups excluding carboxylic acids is 2. The van der Waals surface area contributed by atoms with E-state index >= 15 is 0 Å². The summed E-state index contributed by atoms with van der Waals surface area (Å²) in [4.78, 5) is 23.5. The molecule has 0 saturated heterocycles. The van der Waals surface area contributed by atoms with Gasteiger partial charge in [-0.2, -0.15) is 0 Å². The van der Waals surface area contributed by atoms with Crippen LogP contribution in [-0.2, 0) is 14.3 Å². The number of hydrogen-bond donors (Lipinski definition) is 0. The minimum atomic E-state index is -0.393. The van der Waals surface area contributed by atoms with Crippen molar-refractivity contribution < 1.29 is 14.3 Å². The van der Waals surface area contributed by atoms with Crippen LogP contribution in [0, 0.1) is 17.8 Å². The maximum atomic E-state index is 11.8. The SMILES string of the molecule is C#CCC1=C(C)[C@@H](OC(=O)C2(C)CC2)CC1=O. The number of Topliss-reactive ketones (excluding diaryl/α,β-unsaturated/α-hetero) is 1. The van der Waals surface area contributed by atoms with Gasteiger partial charge < -0.3 is 4.74 Å². The fraction of sp³-hybridized carbons (Fsp3) is 0.571. The van der Waals surface area contributed by atoms with Crippen LogP contribution < -0.4 is 0 Å². The van der Waals surface area contributed by atoms with Gasteiger partial charge in [-0.25, -0.2) is 0 Å². The minimum absolute atomic E-state index is 0.0131. The Kier molecular flexibility index (Phi) is 2.82. The van der Waals surface area contributed by atoms with Crippen LogP contribution in [0.25, 0.3) is 0 Å². The molecule has 0 heterocycles. The molecule has 1 saturated carbocycles. The van der Waals surface area contributed by atoms with E-state index in [1.165, 1.54) is 0 Å². The second-order valence-electron chi connectivity index (χ2n) is 5.12. The van der Waals surface area contributed by atoms with Gasteiger partial charge in [0.05, 0.1) is 11.8 Å². The van der Waals surface area contributed by atoms with Crippen LogP contribution in [-0.4, -0.2) is 17.9 Å². The molecule has 2 aliphatic carbocycles. The standard InChI is InChI=1S/C14H16O3/c1-4-5-10-9(2)12(8-11(10)15)17-13(16)14(3)6-7-14/h1,12H,5-8H2,2-3H3/t12-/m0/s1. The first-order chi connectivity index (χ1) is 7.98. The molecule has 0 aromatic rings. The van der Waals surface area contributed by atoms with Crippen molar-refractivity contribution in [1.29, 1.82) is 0 Å². The molecule has 1 atom stereocenters. The molecular weight excluding hydrogens is 216 g/mol. The third-order valence-corrected chi connectivity index (χ3v) is 3.69. The Labute approximate surface area is 101 Å². The van der Waals surface area contributed by atoms with Crippen LogP contribution in [0.15, 0.2) is 11.1 Å². The Bertz CT molecular complexity index is 447. The van der Waals surface area contributed by atoms with Crippen LogP contribution >= 0.6 is 0 Å². The topological polar surface area (TPSA) is 43.4 Å². The van der Waals surface area contributed by atoms with Gasteiger partial charge in [0, 0.05) is 12.0 Å². The van der Waals surface area contributed by atoms with Gasteiger partial charge >= 0.3 is 5.97 Å². The monoisotopic (exact) mass is 232 g/mol. The smallest absolute Gasteiger partial charge is 0.312 e. The molecule has 0 spiro atoms. The van der Waals surface area contributed by atoms with E-state index in [9.17, 15) is 9.59 Å². The summed E-state index contributed by atoms with van der Waals surface area (Å²) in [7, 11) is 0. The lowest BCUT2D eigenvalue weighted by Gasteiger charge is -2.16. The van der Waals surface area contributed by atoms with Crippen LogP contribution in [0.2, 0.25) is 0 Å². The fourth-order valence-electron chi connectivity index (χ4n) is 1.99. The van der Waals surface area contributed by atoms with E-state index in [1.807, 2.05) is 13.8 Å². The second-order valence-corrected chi connectivity index (χ2v) is 5.12. The van der Waals surface area contributed by atoms with Crippen molar-refractivity contribution in [3.05, 3.63) is 11.1 Å². The summed E-state index contributed by atoms with van der Waals surface area (Å²) in [5.74, 6) is 2.30. The molecule has 0 unspecified atom stereocenters. The van der Waals surface area contributed by atoms with Crippen LogP contribution in [0.3, 0.4) is 0 Å². The second kappa shape index (κ2) is 4.03. The Morgan fingerprint density at radius 3 is 2.76 bits per heavy atom. The van der Waals surface area contributed by atoms with E-state index in [2.05, 4.69) is 5.92 Å². The quantitative estimate of drug-likeness (QED) is 0.552. The van der Waals surface area contributed by atoms with Gasteiger partial charge in [-0.05, 0) is 32.3 Å². The molecule has 0 aromatic heterocycles. The summed E-state index contributed by atoms with van der Waals surface area (Å²) in [5.41, 5.74) is 1.16. The average molecular weight is 232 g/mol. The molecule has 17 heavy (non-hydrogen) atoms. The van der Waals surface area contributed by atoms with E-state index in [0.717, 1.165) is 18.4 Å². The lowest BCUT2D eigenvalue weighted by atomic mass is 10.1. The van der Waals surface area contributed by atoms with Gasteiger partial charge in [0.2, 0.25) is 0 Å². The van der Waals surface area contributed by atoms with Crippen molar-refractivity contribution in [2.45, 2.75) is 45.6 Å². The molecule has 0 aliphatic heterocycles. The van der Waals surface area contributed by atoms with Crippen LogP contribution in [0.5, 0.6) is 0 Å². The molecule has 0 amide bonds. The molecule has 2 aliphatic rings. The maximum Gasteiger partial charge on any atom is 0.312 e. The minimum Gasteiger partial charge on any atom is -0.457 e. The van der Waals surface area contributed by atoms with Crippen molar-refractivity contribution in [3.8, 4) is 12.3 Å². The summed E-state index contributed by atoms with van der Waals surface area (Å²) in [6.45, 7) is 3.72. The lowest BCUT2D eigenvalue weighted by molar-refractivity contribution is -0.153. The number of terminal acetylenes is 1. The van der Waals surface area contributed by atoms with Crippen molar-refractivity contribution in [1.82, 2.24) is 0 Å². The molecule has 90 valence electrons. The van der Waals surface area contributed by atoms with Crippen LogP contribution in [0.1, 0.15) is 39.5 Å². The van der Waals surface area contributed by atoms with Gasteiger partial charge in [0.15, 0.2) is 5.78 Å². The molecule has 0 N–H and O–H groups in total. The highest BCUT2D eigenvalue weighted by Crippen LogP contribution is 2.46. The summed E-state index contributed by atoms with van der Waals surface area (Å²) in [6.07, 6.45) is 7.17. The Morgan fingerprint density at radius 2 is 2.24 bits per heavy atom. The Morgan fingerprint density at radius 1 is 1.59 bits per heavy atom. The van der Waals surface area contributed by atoms with Crippen molar-refractivity contribution in [2.24, 2.45) is 5.41 Å². The van der Waals surface area contributed by atoms with E-state index in [0.29, 0.717) is 12.0 Å². The zero-order valence-electron chi connectivity index (χ0n) is 10.2. The first-order valence-electron chi connectivity index (χ1n) is 5.85. The summed E-state index contributed by atoms with van der Waals surface area (Å²) in [5, 5.41) is 0. The summed E-state index contributed by atoms with van der Waals surface area (Å²) in [6, 6.07) is 0. The molecule has 0 bridgehead atoms. The average Bonchev–Trinajstić information content (AvgIpc) is 2.97. The highest BCUT2D eigenvalue weighted by Gasteiger charge is 2.48. The number of carbonyl (C=O) groups is 2. The van der Waals surface area contributed by atoms with Gasteiger partial charge in [-0.1, -0.05) is 0 Å². The third kappa shape index (κ3) is 2.12. The van der Waals surface area contributed by atoms with E-state index in [1.54, 1.807) is 0 Å². The van der Waals surface area contributed by atoms with Gasteiger partial charge in [-0.15, -0.1) is 12.3 Å². The zero-order chi connectivity index (χ0) is 12.6. The van der Waals surface area contributed by atoms with Gasteiger partial charge in [-0.3, -0.25) is 9.59 Å². The number of allylic oxidation sites excluding steroid dienone is 1.